The van der Waals surface area contributed by atoms with Crippen LogP contribution in [0.2, 0.25) is 0 Å². The van der Waals surface area contributed by atoms with Crippen molar-refractivity contribution < 1.29 is 23.4 Å². The molecule has 1 aromatic heterocycles. The summed E-state index contributed by atoms with van der Waals surface area (Å²) < 4.78 is 21.3. The second-order valence-corrected chi connectivity index (χ2v) is 5.61. The Morgan fingerprint density at radius 3 is 2.24 bits per heavy atom. The van der Waals surface area contributed by atoms with Crippen molar-refractivity contribution in [1.82, 2.24) is 15.5 Å². The molecule has 1 amide bonds. The Balaban J connectivity index is 2.02. The molecule has 25 heavy (non-hydrogen) atoms. The van der Waals surface area contributed by atoms with Crippen molar-refractivity contribution in [3.05, 3.63) is 29.5 Å². The summed E-state index contributed by atoms with van der Waals surface area (Å²) in [6.07, 6.45) is 0.454. The van der Waals surface area contributed by atoms with Crippen molar-refractivity contribution in [2.45, 2.75) is 26.2 Å². The Hall–Kier alpha value is -2.77. The van der Waals surface area contributed by atoms with Crippen LogP contribution in [-0.2, 0) is 6.42 Å². The molecule has 0 atom stereocenters. The molecule has 8 heteroatoms. The molecule has 136 valence electrons. The van der Waals surface area contributed by atoms with E-state index in [9.17, 15) is 4.79 Å². The molecule has 2 aromatic rings. The standard InChI is InChI=1S/C17H23N3O5/c1-10(2)17-20-19-14(25-17)6-7-18-16(21)11-8-12(22-3)15(24-5)13(9-11)23-4/h8-10H,6-7H2,1-5H3,(H,18,21). The van der Waals surface area contributed by atoms with Crippen LogP contribution in [0.5, 0.6) is 17.2 Å². The highest BCUT2D eigenvalue weighted by Crippen LogP contribution is 2.38. The van der Waals surface area contributed by atoms with Crippen LogP contribution in [-0.4, -0.2) is 44.0 Å². The van der Waals surface area contributed by atoms with Crippen LogP contribution in [0.1, 0.15) is 41.9 Å². The Morgan fingerprint density at radius 2 is 1.76 bits per heavy atom. The van der Waals surface area contributed by atoms with Gasteiger partial charge in [0, 0.05) is 24.4 Å². The molecule has 0 radical (unpaired) electrons. The molecule has 8 nitrogen and oxygen atoms in total. The summed E-state index contributed by atoms with van der Waals surface area (Å²) in [4.78, 5) is 12.4. The van der Waals surface area contributed by atoms with Crippen molar-refractivity contribution >= 4 is 5.91 Å². The third-order valence-electron chi connectivity index (χ3n) is 3.53. The maximum atomic E-state index is 12.4. The minimum absolute atomic E-state index is 0.176. The summed E-state index contributed by atoms with van der Waals surface area (Å²) in [7, 11) is 4.51. The molecule has 0 fully saturated rings. The molecule has 1 heterocycles. The SMILES string of the molecule is COc1cc(C(=O)NCCc2nnc(C(C)C)o2)cc(OC)c1OC. The van der Waals surface area contributed by atoms with Crippen LogP contribution in [0.3, 0.4) is 0 Å². The van der Waals surface area contributed by atoms with Gasteiger partial charge in [-0.3, -0.25) is 4.79 Å². The first-order valence-electron chi connectivity index (χ1n) is 7.90. The first kappa shape index (κ1) is 18.6. The van der Waals surface area contributed by atoms with E-state index >= 15 is 0 Å². The van der Waals surface area contributed by atoms with Gasteiger partial charge >= 0.3 is 0 Å². The van der Waals surface area contributed by atoms with Crippen molar-refractivity contribution in [2.75, 3.05) is 27.9 Å². The Bertz CT molecular complexity index is 702. The Labute approximate surface area is 146 Å². The topological polar surface area (TPSA) is 95.7 Å². The molecule has 0 unspecified atom stereocenters. The van der Waals surface area contributed by atoms with Crippen molar-refractivity contribution in [3.63, 3.8) is 0 Å². The third kappa shape index (κ3) is 4.40. The summed E-state index contributed by atoms with van der Waals surface area (Å²) >= 11 is 0. The first-order chi connectivity index (χ1) is 12.0. The molecule has 2 rings (SSSR count). The minimum atomic E-state index is -0.261. The second-order valence-electron chi connectivity index (χ2n) is 5.61. The molecule has 0 saturated carbocycles. The van der Waals surface area contributed by atoms with E-state index in [4.69, 9.17) is 18.6 Å². The summed E-state index contributed by atoms with van der Waals surface area (Å²) in [5.41, 5.74) is 0.405. The van der Waals surface area contributed by atoms with Gasteiger partial charge in [0.2, 0.25) is 17.5 Å². The van der Waals surface area contributed by atoms with E-state index in [-0.39, 0.29) is 11.8 Å². The van der Waals surface area contributed by atoms with Crippen LogP contribution in [0.25, 0.3) is 0 Å². The monoisotopic (exact) mass is 349 g/mol. The van der Waals surface area contributed by atoms with E-state index in [1.165, 1.54) is 21.3 Å². The fourth-order valence-electron chi connectivity index (χ4n) is 2.20. The number of nitrogens with one attached hydrogen (secondary N) is 1. The van der Waals surface area contributed by atoms with Crippen molar-refractivity contribution in [1.29, 1.82) is 0 Å². The number of nitrogens with zero attached hydrogens (tertiary/aromatic N) is 2. The molecule has 0 aliphatic carbocycles. The molecule has 1 aromatic carbocycles. The molecule has 0 spiro atoms. The maximum absolute atomic E-state index is 12.4. The largest absolute Gasteiger partial charge is 0.493 e. The Morgan fingerprint density at radius 1 is 1.12 bits per heavy atom. The highest BCUT2D eigenvalue weighted by atomic mass is 16.5. The van der Waals surface area contributed by atoms with E-state index in [2.05, 4.69) is 15.5 Å². The van der Waals surface area contributed by atoms with Gasteiger partial charge in [-0.15, -0.1) is 10.2 Å². The van der Waals surface area contributed by atoms with Gasteiger partial charge in [0.1, 0.15) is 0 Å². The molecule has 0 saturated heterocycles. The second kappa shape index (κ2) is 8.36. The summed E-state index contributed by atoms with van der Waals surface area (Å²) in [5, 5.41) is 10.7. The number of amides is 1. The van der Waals surface area contributed by atoms with Gasteiger partial charge in [0.25, 0.3) is 5.91 Å². The highest BCUT2D eigenvalue weighted by molar-refractivity contribution is 5.95. The fourth-order valence-corrected chi connectivity index (χ4v) is 2.20. The van der Waals surface area contributed by atoms with Crippen LogP contribution < -0.4 is 19.5 Å². The van der Waals surface area contributed by atoms with Gasteiger partial charge in [0.15, 0.2) is 11.5 Å². The zero-order chi connectivity index (χ0) is 18.4. The zero-order valence-corrected chi connectivity index (χ0v) is 15.1. The lowest BCUT2D eigenvalue weighted by molar-refractivity contribution is 0.0952. The van der Waals surface area contributed by atoms with Crippen LogP contribution >= 0.6 is 0 Å². The number of carbonyl (C=O) groups excluding carboxylic acids is 1. The van der Waals surface area contributed by atoms with E-state index in [1.807, 2.05) is 13.8 Å². The summed E-state index contributed by atoms with van der Waals surface area (Å²) in [6.45, 7) is 4.32. The number of hydrogen-bond donors (Lipinski definition) is 1. The number of hydrogen-bond acceptors (Lipinski definition) is 7. The number of methoxy groups -OCH3 is 3. The normalized spacial score (nSPS) is 10.6. The van der Waals surface area contributed by atoms with Gasteiger partial charge in [0.05, 0.1) is 21.3 Å². The number of benzene rings is 1. The average Bonchev–Trinajstić information content (AvgIpc) is 3.09. The van der Waals surface area contributed by atoms with E-state index in [1.54, 1.807) is 12.1 Å². The van der Waals surface area contributed by atoms with Gasteiger partial charge in [-0.25, -0.2) is 0 Å². The predicted octanol–water partition coefficient (Wildman–Crippen LogP) is 2.19. The first-order valence-corrected chi connectivity index (χ1v) is 7.90. The van der Waals surface area contributed by atoms with Crippen LogP contribution in [0.15, 0.2) is 16.5 Å². The molecular weight excluding hydrogens is 326 g/mol. The molecule has 0 aliphatic rings. The minimum Gasteiger partial charge on any atom is -0.493 e. The van der Waals surface area contributed by atoms with E-state index < -0.39 is 0 Å². The molecular formula is C17H23N3O5. The molecule has 0 bridgehead atoms. The summed E-state index contributed by atoms with van der Waals surface area (Å²) in [6, 6.07) is 3.19. The quantitative estimate of drug-likeness (QED) is 0.780. The van der Waals surface area contributed by atoms with E-state index in [0.29, 0.717) is 47.6 Å². The number of rotatable bonds is 8. The van der Waals surface area contributed by atoms with Crippen LogP contribution in [0, 0.1) is 0 Å². The zero-order valence-electron chi connectivity index (χ0n) is 15.1. The van der Waals surface area contributed by atoms with Gasteiger partial charge in [-0.1, -0.05) is 13.8 Å². The number of aromatic nitrogens is 2. The molecule has 1 N–H and O–H groups in total. The average molecular weight is 349 g/mol. The van der Waals surface area contributed by atoms with E-state index in [0.717, 1.165) is 0 Å². The number of ether oxygens (including phenoxy) is 3. The lowest BCUT2D eigenvalue weighted by Gasteiger charge is -2.14. The molecule has 0 aliphatic heterocycles. The van der Waals surface area contributed by atoms with Crippen molar-refractivity contribution in [3.8, 4) is 17.2 Å². The number of carbonyl (C=O) groups is 1. The van der Waals surface area contributed by atoms with Gasteiger partial charge in [-0.05, 0) is 12.1 Å². The fraction of sp³-hybridized carbons (Fsp3) is 0.471. The lowest BCUT2D eigenvalue weighted by Crippen LogP contribution is -2.25. The van der Waals surface area contributed by atoms with Gasteiger partial charge < -0.3 is 23.9 Å². The highest BCUT2D eigenvalue weighted by Gasteiger charge is 2.17. The Kier molecular flexibility index (Phi) is 6.21. The predicted molar refractivity (Wildman–Crippen MR) is 90.5 cm³/mol. The lowest BCUT2D eigenvalue weighted by atomic mass is 10.1. The maximum Gasteiger partial charge on any atom is 0.251 e. The van der Waals surface area contributed by atoms with Crippen LogP contribution in [0.4, 0.5) is 0 Å². The van der Waals surface area contributed by atoms with Crippen molar-refractivity contribution in [2.24, 2.45) is 0 Å². The van der Waals surface area contributed by atoms with Gasteiger partial charge in [-0.2, -0.15) is 0 Å². The third-order valence-corrected chi connectivity index (χ3v) is 3.53. The summed E-state index contributed by atoms with van der Waals surface area (Å²) in [5.74, 6) is 2.28. The smallest absolute Gasteiger partial charge is 0.251 e.